The Morgan fingerprint density at radius 2 is 1.84 bits per heavy atom. The average Bonchev–Trinajstić information content (AvgIpc) is 3.20. The van der Waals surface area contributed by atoms with Crippen LogP contribution in [0.15, 0.2) is 0 Å². The van der Waals surface area contributed by atoms with Gasteiger partial charge in [0.2, 0.25) is 0 Å². The van der Waals surface area contributed by atoms with Gasteiger partial charge in [0.25, 0.3) is 0 Å². The van der Waals surface area contributed by atoms with Gasteiger partial charge < -0.3 is 14.4 Å². The molecule has 0 aromatic rings. The molecule has 2 saturated carbocycles. The second-order valence-electron chi connectivity index (χ2n) is 9.98. The number of hydrogen-bond acceptors (Lipinski definition) is 4. The zero-order valence-corrected chi connectivity index (χ0v) is 16.0. The Kier molecular flexibility index (Phi) is 3.61. The van der Waals surface area contributed by atoms with Crippen LogP contribution in [0.2, 0.25) is 0 Å². The van der Waals surface area contributed by atoms with E-state index in [1.807, 2.05) is 0 Å². The molecule has 0 bridgehead atoms. The van der Waals surface area contributed by atoms with E-state index in [0.717, 1.165) is 44.8 Å². The average molecular weight is 347 g/mol. The summed E-state index contributed by atoms with van der Waals surface area (Å²) in [5.41, 5.74) is -0.336. The smallest absolute Gasteiger partial charge is 0.311 e. The molecule has 0 aromatic heterocycles. The maximum Gasteiger partial charge on any atom is 0.311 e. The Hall–Kier alpha value is -0.610. The molecule has 0 amide bonds. The quantitative estimate of drug-likeness (QED) is 0.568. The van der Waals surface area contributed by atoms with Crippen molar-refractivity contribution in [3.05, 3.63) is 0 Å². The van der Waals surface area contributed by atoms with Crippen molar-refractivity contribution >= 4 is 5.97 Å². The van der Waals surface area contributed by atoms with E-state index >= 15 is 0 Å². The van der Waals surface area contributed by atoms with Crippen molar-refractivity contribution in [2.45, 2.75) is 76.6 Å². The molecule has 1 spiro atoms. The molecule has 2 aliphatic carbocycles. The number of esters is 1. The van der Waals surface area contributed by atoms with Gasteiger partial charge in [-0.2, -0.15) is 0 Å². The molecular formula is C21H33NO3. The van der Waals surface area contributed by atoms with Gasteiger partial charge in [-0.1, -0.05) is 13.8 Å². The van der Waals surface area contributed by atoms with Crippen molar-refractivity contribution in [2.75, 3.05) is 19.6 Å². The van der Waals surface area contributed by atoms with E-state index in [2.05, 4.69) is 25.7 Å². The molecule has 0 aromatic carbocycles. The van der Waals surface area contributed by atoms with E-state index in [9.17, 15) is 4.79 Å². The van der Waals surface area contributed by atoms with Crippen molar-refractivity contribution in [2.24, 2.45) is 29.6 Å². The number of nitrogens with zero attached hydrogens (tertiary/aromatic N) is 1. The Bertz CT molecular complexity index is 571. The minimum Gasteiger partial charge on any atom is -0.455 e. The number of piperidine rings is 1. The van der Waals surface area contributed by atoms with Gasteiger partial charge in [-0.05, 0) is 70.4 Å². The summed E-state index contributed by atoms with van der Waals surface area (Å²) in [6, 6.07) is 0. The van der Waals surface area contributed by atoms with Crippen molar-refractivity contribution in [3.8, 4) is 0 Å². The predicted molar refractivity (Wildman–Crippen MR) is 95.0 cm³/mol. The summed E-state index contributed by atoms with van der Waals surface area (Å²) >= 11 is 0. The van der Waals surface area contributed by atoms with E-state index < -0.39 is 0 Å². The van der Waals surface area contributed by atoms with Crippen LogP contribution in [0.5, 0.6) is 0 Å². The van der Waals surface area contributed by atoms with Gasteiger partial charge in [0, 0.05) is 18.4 Å². The van der Waals surface area contributed by atoms with Crippen molar-refractivity contribution in [1.82, 2.24) is 4.90 Å². The summed E-state index contributed by atoms with van der Waals surface area (Å²) < 4.78 is 12.5. The molecule has 140 valence electrons. The Labute approximate surface area is 151 Å². The second-order valence-corrected chi connectivity index (χ2v) is 9.98. The van der Waals surface area contributed by atoms with Crippen LogP contribution in [-0.4, -0.2) is 47.8 Å². The maximum absolute atomic E-state index is 13.0. The van der Waals surface area contributed by atoms with Gasteiger partial charge in [-0.3, -0.25) is 4.79 Å². The number of carbonyl (C=O) groups is 1. The van der Waals surface area contributed by atoms with Gasteiger partial charge in [-0.25, -0.2) is 0 Å². The first kappa shape index (κ1) is 16.6. The molecule has 5 aliphatic rings. The topological polar surface area (TPSA) is 42.1 Å². The van der Waals surface area contributed by atoms with Crippen molar-refractivity contribution in [3.63, 3.8) is 0 Å². The minimum absolute atomic E-state index is 0.0263. The Morgan fingerprint density at radius 3 is 2.60 bits per heavy atom. The van der Waals surface area contributed by atoms with Crippen LogP contribution in [0.3, 0.4) is 0 Å². The van der Waals surface area contributed by atoms with Crippen molar-refractivity contribution < 1.29 is 14.3 Å². The number of ether oxygens (including phenoxy) is 2. The predicted octanol–water partition coefficient (Wildman–Crippen LogP) is 3.24. The third-order valence-electron chi connectivity index (χ3n) is 8.42. The number of hydrogen-bond donors (Lipinski definition) is 0. The standard InChI is InChI=1S/C21H33NO3/c1-13-7-10-22(11-8-13)12-15-17-5-4-14(2)16-6-9-20(3)19(25-20)21(16,17)24-18(15)23/h13-17,19H,4-12H2,1-3H3. The van der Waals surface area contributed by atoms with Gasteiger partial charge in [0.15, 0.2) is 0 Å². The molecule has 3 heterocycles. The SMILES string of the molecule is CC1CCN(CC2C(=O)OC34C(CCC5(C)OC53)C(C)CCC24)CC1. The molecule has 3 saturated heterocycles. The normalized spacial score (nSPS) is 52.9. The zero-order chi connectivity index (χ0) is 17.4. The first-order valence-corrected chi connectivity index (χ1v) is 10.6. The molecule has 4 heteroatoms. The number of likely N-dealkylation sites (tertiary alicyclic amines) is 1. The first-order chi connectivity index (χ1) is 11.9. The number of fused-ring (bicyclic) bond motifs is 1. The second kappa shape index (κ2) is 5.45. The highest BCUT2D eigenvalue weighted by atomic mass is 16.7. The highest BCUT2D eigenvalue weighted by Crippen LogP contribution is 2.66. The molecule has 0 N–H and O–H groups in total. The van der Waals surface area contributed by atoms with Gasteiger partial charge in [0.1, 0.15) is 11.7 Å². The van der Waals surface area contributed by atoms with Crippen LogP contribution in [0, 0.1) is 29.6 Å². The maximum atomic E-state index is 13.0. The Morgan fingerprint density at radius 1 is 1.08 bits per heavy atom. The fraction of sp³-hybridized carbons (Fsp3) is 0.952. The van der Waals surface area contributed by atoms with Gasteiger partial charge in [0.05, 0.1) is 11.5 Å². The van der Waals surface area contributed by atoms with Gasteiger partial charge >= 0.3 is 5.97 Å². The molecule has 0 radical (unpaired) electrons. The van der Waals surface area contributed by atoms with Crippen LogP contribution in [-0.2, 0) is 14.3 Å². The lowest BCUT2D eigenvalue weighted by Gasteiger charge is -2.50. The third-order valence-corrected chi connectivity index (χ3v) is 8.42. The lowest BCUT2D eigenvalue weighted by atomic mass is 9.55. The number of epoxide rings is 1. The summed E-state index contributed by atoms with van der Waals surface area (Å²) in [7, 11) is 0. The molecule has 7 atom stereocenters. The lowest BCUT2D eigenvalue weighted by molar-refractivity contribution is -0.168. The molecule has 7 unspecified atom stereocenters. The lowest BCUT2D eigenvalue weighted by Crippen LogP contribution is -2.58. The molecule has 25 heavy (non-hydrogen) atoms. The summed E-state index contributed by atoms with van der Waals surface area (Å²) in [6.45, 7) is 10.1. The fourth-order valence-electron chi connectivity index (χ4n) is 6.78. The summed E-state index contributed by atoms with van der Waals surface area (Å²) in [6.07, 6.45) is 7.35. The number of carbonyl (C=O) groups excluding carboxylic acids is 1. The minimum atomic E-state index is -0.310. The molecular weight excluding hydrogens is 314 g/mol. The Balaban J connectivity index is 1.41. The van der Waals surface area contributed by atoms with E-state index in [1.165, 1.54) is 19.3 Å². The number of rotatable bonds is 2. The molecule has 5 rings (SSSR count). The molecule has 5 fully saturated rings. The summed E-state index contributed by atoms with van der Waals surface area (Å²) in [4.78, 5) is 15.5. The monoisotopic (exact) mass is 347 g/mol. The van der Waals surface area contributed by atoms with E-state index in [4.69, 9.17) is 9.47 Å². The van der Waals surface area contributed by atoms with Crippen molar-refractivity contribution in [1.29, 1.82) is 0 Å². The van der Waals surface area contributed by atoms with Crippen LogP contribution >= 0.6 is 0 Å². The molecule has 4 nitrogen and oxygen atoms in total. The summed E-state index contributed by atoms with van der Waals surface area (Å²) in [5, 5.41) is 0. The van der Waals surface area contributed by atoms with Gasteiger partial charge in [-0.15, -0.1) is 0 Å². The van der Waals surface area contributed by atoms with Crippen LogP contribution in [0.25, 0.3) is 0 Å². The summed E-state index contributed by atoms with van der Waals surface area (Å²) in [5.74, 6) is 2.48. The van der Waals surface area contributed by atoms with E-state index in [1.54, 1.807) is 0 Å². The van der Waals surface area contributed by atoms with Crippen LogP contribution in [0.4, 0.5) is 0 Å². The molecule has 3 aliphatic heterocycles. The largest absolute Gasteiger partial charge is 0.455 e. The first-order valence-electron chi connectivity index (χ1n) is 10.6. The van der Waals surface area contributed by atoms with Crippen LogP contribution < -0.4 is 0 Å². The fourth-order valence-corrected chi connectivity index (χ4v) is 6.78. The zero-order valence-electron chi connectivity index (χ0n) is 16.0. The van der Waals surface area contributed by atoms with Crippen LogP contribution in [0.1, 0.15) is 59.3 Å². The third kappa shape index (κ3) is 2.29. The highest BCUT2D eigenvalue weighted by molar-refractivity contribution is 5.77. The highest BCUT2D eigenvalue weighted by Gasteiger charge is 2.77. The van der Waals surface area contributed by atoms with E-state index in [0.29, 0.717) is 17.8 Å². The van der Waals surface area contributed by atoms with E-state index in [-0.39, 0.29) is 29.2 Å².